The molecule has 0 bridgehead atoms. The predicted octanol–water partition coefficient (Wildman–Crippen LogP) is 4.40. The van der Waals surface area contributed by atoms with E-state index in [0.29, 0.717) is 5.92 Å². The van der Waals surface area contributed by atoms with Gasteiger partial charge in [-0.3, -0.25) is 0 Å². The summed E-state index contributed by atoms with van der Waals surface area (Å²) in [6.45, 7) is 0. The standard InChI is InChI=1S/C12H15Br2N/c13-9-5-6-11(14)10(7-9)12(15)8-3-1-2-4-8/h5-8,12H,1-4,15H2. The van der Waals surface area contributed by atoms with Crippen LogP contribution in [0.25, 0.3) is 0 Å². The van der Waals surface area contributed by atoms with Crippen LogP contribution < -0.4 is 5.73 Å². The summed E-state index contributed by atoms with van der Waals surface area (Å²) in [5.41, 5.74) is 7.55. The quantitative estimate of drug-likeness (QED) is 0.853. The van der Waals surface area contributed by atoms with Crippen molar-refractivity contribution in [3.8, 4) is 0 Å². The number of halogens is 2. The van der Waals surface area contributed by atoms with Gasteiger partial charge in [-0.15, -0.1) is 0 Å². The van der Waals surface area contributed by atoms with Crippen molar-refractivity contribution < 1.29 is 0 Å². The zero-order valence-corrected chi connectivity index (χ0v) is 11.7. The van der Waals surface area contributed by atoms with Gasteiger partial charge in [0.1, 0.15) is 0 Å². The fourth-order valence-corrected chi connectivity index (χ4v) is 3.23. The molecule has 1 fully saturated rings. The molecule has 1 atom stereocenters. The van der Waals surface area contributed by atoms with Gasteiger partial charge in [-0.05, 0) is 42.5 Å². The molecule has 0 aromatic heterocycles. The van der Waals surface area contributed by atoms with E-state index in [4.69, 9.17) is 5.73 Å². The highest BCUT2D eigenvalue weighted by Gasteiger charge is 2.24. The van der Waals surface area contributed by atoms with Gasteiger partial charge in [0.2, 0.25) is 0 Å². The third kappa shape index (κ3) is 2.63. The lowest BCUT2D eigenvalue weighted by atomic mass is 9.93. The Morgan fingerprint density at radius 3 is 2.53 bits per heavy atom. The van der Waals surface area contributed by atoms with Crippen molar-refractivity contribution in [1.29, 1.82) is 0 Å². The van der Waals surface area contributed by atoms with Gasteiger partial charge in [0, 0.05) is 15.0 Å². The summed E-state index contributed by atoms with van der Waals surface area (Å²) in [6.07, 6.45) is 5.23. The molecule has 2 N–H and O–H groups in total. The average molecular weight is 333 g/mol. The van der Waals surface area contributed by atoms with Gasteiger partial charge >= 0.3 is 0 Å². The molecule has 0 heterocycles. The Balaban J connectivity index is 2.23. The summed E-state index contributed by atoms with van der Waals surface area (Å²) in [5.74, 6) is 0.663. The fraction of sp³-hybridized carbons (Fsp3) is 0.500. The second-order valence-electron chi connectivity index (χ2n) is 4.24. The normalized spacial score (nSPS) is 19.4. The van der Waals surface area contributed by atoms with Crippen LogP contribution in [0.2, 0.25) is 0 Å². The lowest BCUT2D eigenvalue weighted by Crippen LogP contribution is -2.19. The van der Waals surface area contributed by atoms with Crippen molar-refractivity contribution in [1.82, 2.24) is 0 Å². The molecule has 0 saturated heterocycles. The van der Waals surface area contributed by atoms with Crippen LogP contribution in [0.4, 0.5) is 0 Å². The predicted molar refractivity (Wildman–Crippen MR) is 70.7 cm³/mol. The van der Waals surface area contributed by atoms with Gasteiger partial charge in [-0.1, -0.05) is 44.7 Å². The molecule has 82 valence electrons. The topological polar surface area (TPSA) is 26.0 Å². The first-order chi connectivity index (χ1) is 7.18. The fourth-order valence-electron chi connectivity index (χ4n) is 2.34. The zero-order chi connectivity index (χ0) is 10.8. The SMILES string of the molecule is NC(c1cc(Br)ccc1Br)C1CCCC1. The van der Waals surface area contributed by atoms with Gasteiger partial charge < -0.3 is 5.73 Å². The molecule has 0 amide bonds. The summed E-state index contributed by atoms with van der Waals surface area (Å²) >= 11 is 7.07. The van der Waals surface area contributed by atoms with Crippen molar-refractivity contribution in [3.63, 3.8) is 0 Å². The average Bonchev–Trinajstić information content (AvgIpc) is 2.74. The lowest BCUT2D eigenvalue weighted by molar-refractivity contribution is 0.443. The van der Waals surface area contributed by atoms with E-state index in [1.807, 2.05) is 6.07 Å². The van der Waals surface area contributed by atoms with Crippen LogP contribution in [-0.2, 0) is 0 Å². The van der Waals surface area contributed by atoms with E-state index in [-0.39, 0.29) is 6.04 Å². The number of nitrogens with two attached hydrogens (primary N) is 1. The minimum atomic E-state index is 0.180. The van der Waals surface area contributed by atoms with E-state index in [9.17, 15) is 0 Å². The van der Waals surface area contributed by atoms with E-state index >= 15 is 0 Å². The number of rotatable bonds is 2. The molecule has 1 aromatic rings. The van der Waals surface area contributed by atoms with Crippen molar-refractivity contribution in [2.24, 2.45) is 11.7 Å². The maximum Gasteiger partial charge on any atom is 0.0335 e. The van der Waals surface area contributed by atoms with Crippen molar-refractivity contribution in [3.05, 3.63) is 32.7 Å². The Morgan fingerprint density at radius 2 is 1.87 bits per heavy atom. The maximum atomic E-state index is 6.32. The molecule has 2 rings (SSSR count). The van der Waals surface area contributed by atoms with Crippen LogP contribution in [0.15, 0.2) is 27.1 Å². The van der Waals surface area contributed by atoms with Crippen molar-refractivity contribution in [2.45, 2.75) is 31.7 Å². The molecule has 0 radical (unpaired) electrons. The number of benzene rings is 1. The molecule has 1 saturated carbocycles. The van der Waals surface area contributed by atoms with Crippen LogP contribution in [0, 0.1) is 5.92 Å². The first-order valence-corrected chi connectivity index (χ1v) is 6.97. The second kappa shape index (κ2) is 4.98. The molecule has 15 heavy (non-hydrogen) atoms. The molecule has 0 spiro atoms. The Bertz CT molecular complexity index is 345. The van der Waals surface area contributed by atoms with Gasteiger partial charge in [-0.25, -0.2) is 0 Å². The van der Waals surface area contributed by atoms with Crippen LogP contribution >= 0.6 is 31.9 Å². The van der Waals surface area contributed by atoms with Crippen LogP contribution in [0.5, 0.6) is 0 Å². The summed E-state index contributed by atoms with van der Waals surface area (Å²) < 4.78 is 2.24. The summed E-state index contributed by atoms with van der Waals surface area (Å²) in [5, 5.41) is 0. The molecular formula is C12H15Br2N. The van der Waals surface area contributed by atoms with Crippen LogP contribution in [0.3, 0.4) is 0 Å². The third-order valence-electron chi connectivity index (χ3n) is 3.22. The Kier molecular flexibility index (Phi) is 3.86. The highest BCUT2D eigenvalue weighted by molar-refractivity contribution is 9.11. The number of hydrogen-bond acceptors (Lipinski definition) is 1. The molecule has 1 aliphatic rings. The molecule has 1 nitrogen and oxygen atoms in total. The van der Waals surface area contributed by atoms with Gasteiger partial charge in [0.05, 0.1) is 0 Å². The Morgan fingerprint density at radius 1 is 1.20 bits per heavy atom. The van der Waals surface area contributed by atoms with Gasteiger partial charge in [0.25, 0.3) is 0 Å². The van der Waals surface area contributed by atoms with Crippen LogP contribution in [0.1, 0.15) is 37.3 Å². The van der Waals surface area contributed by atoms with E-state index in [2.05, 4.69) is 44.0 Å². The van der Waals surface area contributed by atoms with Crippen molar-refractivity contribution in [2.75, 3.05) is 0 Å². The lowest BCUT2D eigenvalue weighted by Gasteiger charge is -2.20. The molecule has 1 aromatic carbocycles. The highest BCUT2D eigenvalue weighted by atomic mass is 79.9. The number of hydrogen-bond donors (Lipinski definition) is 1. The van der Waals surface area contributed by atoms with E-state index in [1.54, 1.807) is 0 Å². The van der Waals surface area contributed by atoms with Gasteiger partial charge in [-0.2, -0.15) is 0 Å². The molecule has 3 heteroatoms. The zero-order valence-electron chi connectivity index (χ0n) is 8.55. The minimum Gasteiger partial charge on any atom is -0.324 e. The minimum absolute atomic E-state index is 0.180. The van der Waals surface area contributed by atoms with E-state index in [0.717, 1.165) is 8.95 Å². The highest BCUT2D eigenvalue weighted by Crippen LogP contribution is 2.37. The Hall–Kier alpha value is 0.140. The third-order valence-corrected chi connectivity index (χ3v) is 4.44. The summed E-state index contributed by atoms with van der Waals surface area (Å²) in [4.78, 5) is 0. The second-order valence-corrected chi connectivity index (χ2v) is 6.01. The van der Waals surface area contributed by atoms with E-state index in [1.165, 1.54) is 31.2 Å². The monoisotopic (exact) mass is 331 g/mol. The summed E-state index contributed by atoms with van der Waals surface area (Å²) in [6, 6.07) is 6.41. The molecule has 1 aliphatic carbocycles. The first-order valence-electron chi connectivity index (χ1n) is 5.39. The first kappa shape index (κ1) is 11.6. The van der Waals surface area contributed by atoms with Crippen LogP contribution in [-0.4, -0.2) is 0 Å². The molecule has 0 aliphatic heterocycles. The van der Waals surface area contributed by atoms with Gasteiger partial charge in [0.15, 0.2) is 0 Å². The van der Waals surface area contributed by atoms with E-state index < -0.39 is 0 Å². The largest absolute Gasteiger partial charge is 0.324 e. The Labute approximate surface area is 108 Å². The smallest absolute Gasteiger partial charge is 0.0335 e. The molecular weight excluding hydrogens is 318 g/mol. The maximum absolute atomic E-state index is 6.32. The summed E-state index contributed by atoms with van der Waals surface area (Å²) in [7, 11) is 0. The van der Waals surface area contributed by atoms with Crippen molar-refractivity contribution >= 4 is 31.9 Å². The molecule has 1 unspecified atom stereocenters.